The molecule has 12 heteroatoms. The second kappa shape index (κ2) is 9.85. The first-order chi connectivity index (χ1) is 15.0. The Morgan fingerprint density at radius 3 is 2.38 bits per heavy atom. The molecule has 0 aromatic heterocycles. The molecule has 3 saturated heterocycles. The van der Waals surface area contributed by atoms with Gasteiger partial charge in [0.25, 0.3) is 5.79 Å². The Hall–Kier alpha value is -1.38. The smallest absolute Gasteiger partial charge is 0.364 e. The van der Waals surface area contributed by atoms with Gasteiger partial charge in [-0.25, -0.2) is 4.79 Å². The molecule has 184 valence electrons. The maximum atomic E-state index is 11.7. The number of rotatable bonds is 6. The van der Waals surface area contributed by atoms with Crippen molar-refractivity contribution in [3.8, 4) is 0 Å². The Morgan fingerprint density at radius 1 is 1.09 bits per heavy atom. The van der Waals surface area contributed by atoms with Gasteiger partial charge in [-0.2, -0.15) is 0 Å². The zero-order valence-electron chi connectivity index (χ0n) is 18.7. The Balaban J connectivity index is 1.82. The summed E-state index contributed by atoms with van der Waals surface area (Å²) in [5, 5.41) is 30.6. The van der Waals surface area contributed by atoms with Crippen LogP contribution in [0.2, 0.25) is 0 Å². The highest BCUT2D eigenvalue weighted by molar-refractivity contribution is 5.75. The van der Waals surface area contributed by atoms with Crippen molar-refractivity contribution in [1.82, 2.24) is 0 Å². The van der Waals surface area contributed by atoms with Crippen LogP contribution in [-0.2, 0) is 42.7 Å². The molecule has 11 atom stereocenters. The lowest BCUT2D eigenvalue weighted by Crippen LogP contribution is -2.66. The van der Waals surface area contributed by atoms with Crippen molar-refractivity contribution < 1.29 is 58.1 Å². The number of hydrogen-bond acceptors (Lipinski definition) is 11. The number of ether oxygens (including phenoxy) is 7. The summed E-state index contributed by atoms with van der Waals surface area (Å²) in [7, 11) is 1.46. The monoisotopic (exact) mass is 464 g/mol. The average Bonchev–Trinajstić information content (AvgIpc) is 2.74. The fourth-order valence-electron chi connectivity index (χ4n) is 4.16. The van der Waals surface area contributed by atoms with Crippen molar-refractivity contribution in [2.45, 2.75) is 82.7 Å². The van der Waals surface area contributed by atoms with E-state index in [2.05, 4.69) is 0 Å². The summed E-state index contributed by atoms with van der Waals surface area (Å²) in [6, 6.07) is 0. The minimum Gasteiger partial charge on any atom is -0.477 e. The summed E-state index contributed by atoms with van der Waals surface area (Å²) < 4.78 is 39.2. The number of aliphatic carboxylic acids is 1. The summed E-state index contributed by atoms with van der Waals surface area (Å²) in [6.07, 6.45) is -7.50. The van der Waals surface area contributed by atoms with Gasteiger partial charge < -0.3 is 48.5 Å². The van der Waals surface area contributed by atoms with Gasteiger partial charge in [0.2, 0.25) is 0 Å². The molecule has 0 aliphatic carbocycles. The van der Waals surface area contributed by atoms with Crippen molar-refractivity contribution in [2.24, 2.45) is 11.8 Å². The van der Waals surface area contributed by atoms with Gasteiger partial charge in [-0.05, 0) is 0 Å². The number of hydrogen-bond donors (Lipinski definition) is 3. The number of fused-ring (bicyclic) bond motifs is 1. The van der Waals surface area contributed by atoms with Crippen molar-refractivity contribution in [1.29, 1.82) is 0 Å². The molecule has 0 saturated carbocycles. The van der Waals surface area contributed by atoms with Gasteiger partial charge in [-0.15, -0.1) is 0 Å². The van der Waals surface area contributed by atoms with Gasteiger partial charge >= 0.3 is 11.9 Å². The standard InChI is InChI=1S/C20H32O12/c1-8-13(22)11(6-27-10(3)21)29-18(14(8)23)31-15-9(2)17(26-5)30-12-7-28-20(4,19(24)25)32-16(12)15/h8-9,11-18,22-23H,6-7H2,1-5H3,(H,24,25)/t8?,9-,11?,12?,13-,14?,15?,16-,17+,18-,20?/m0/s1. The second-order valence-electron chi connectivity index (χ2n) is 8.57. The number of carboxylic acid groups (broad SMARTS) is 1. The SMILES string of the molecule is CO[C@@H]1OC2COC(C)(C(=O)O)O[C@@H]2C(O[C@@H]2OC(COC(C)=O)[C@@H](O)C(C)C2O)[C@@H]1C. The van der Waals surface area contributed by atoms with E-state index in [1.54, 1.807) is 13.8 Å². The van der Waals surface area contributed by atoms with Crippen molar-refractivity contribution in [2.75, 3.05) is 20.3 Å². The number of carbonyl (C=O) groups is 2. The molecule has 3 fully saturated rings. The topological polar surface area (TPSA) is 159 Å². The van der Waals surface area contributed by atoms with Gasteiger partial charge in [0.15, 0.2) is 12.6 Å². The predicted octanol–water partition coefficient (Wildman–Crippen LogP) is -0.759. The molecule has 0 spiro atoms. The van der Waals surface area contributed by atoms with E-state index in [9.17, 15) is 24.9 Å². The molecule has 0 radical (unpaired) electrons. The summed E-state index contributed by atoms with van der Waals surface area (Å²) in [5.41, 5.74) is 0. The van der Waals surface area contributed by atoms with Gasteiger partial charge in [0, 0.05) is 32.8 Å². The molecular formula is C20H32O12. The summed E-state index contributed by atoms with van der Waals surface area (Å²) >= 11 is 0. The summed E-state index contributed by atoms with van der Waals surface area (Å²) in [4.78, 5) is 22.8. The van der Waals surface area contributed by atoms with Crippen LogP contribution in [0, 0.1) is 11.8 Å². The third-order valence-corrected chi connectivity index (χ3v) is 6.24. The number of carboxylic acids is 1. The van der Waals surface area contributed by atoms with Gasteiger partial charge in [0.1, 0.15) is 31.0 Å². The minimum absolute atomic E-state index is 0.0713. The first-order valence-corrected chi connectivity index (χ1v) is 10.5. The maximum Gasteiger partial charge on any atom is 0.364 e. The summed E-state index contributed by atoms with van der Waals surface area (Å²) in [5.74, 6) is -4.84. The molecule has 3 rings (SSSR count). The number of esters is 1. The third kappa shape index (κ3) is 4.92. The van der Waals surface area contributed by atoms with E-state index in [1.807, 2.05) is 0 Å². The van der Waals surface area contributed by atoms with Crippen LogP contribution in [0.25, 0.3) is 0 Å². The van der Waals surface area contributed by atoms with Crippen molar-refractivity contribution in [3.63, 3.8) is 0 Å². The van der Waals surface area contributed by atoms with Crippen LogP contribution >= 0.6 is 0 Å². The van der Waals surface area contributed by atoms with Crippen LogP contribution in [0.15, 0.2) is 0 Å². The van der Waals surface area contributed by atoms with Crippen LogP contribution in [-0.4, -0.2) is 103 Å². The second-order valence-corrected chi connectivity index (χ2v) is 8.57. The molecule has 0 aromatic carbocycles. The highest BCUT2D eigenvalue weighted by Gasteiger charge is 2.56. The molecule has 0 aromatic rings. The van der Waals surface area contributed by atoms with Gasteiger partial charge in [-0.3, -0.25) is 4.79 Å². The molecule has 3 heterocycles. The molecule has 6 unspecified atom stereocenters. The molecule has 3 aliphatic heterocycles. The van der Waals surface area contributed by atoms with E-state index in [-0.39, 0.29) is 13.2 Å². The lowest BCUT2D eigenvalue weighted by Gasteiger charge is -2.51. The normalized spacial score (nSPS) is 46.8. The van der Waals surface area contributed by atoms with E-state index in [0.717, 1.165) is 0 Å². The quantitative estimate of drug-likeness (QED) is 0.422. The lowest BCUT2D eigenvalue weighted by atomic mass is 9.89. The maximum absolute atomic E-state index is 11.7. The first-order valence-electron chi connectivity index (χ1n) is 10.5. The lowest BCUT2D eigenvalue weighted by molar-refractivity contribution is -0.393. The fourth-order valence-corrected chi connectivity index (χ4v) is 4.16. The molecule has 12 nitrogen and oxygen atoms in total. The van der Waals surface area contributed by atoms with Crippen LogP contribution in [0.3, 0.4) is 0 Å². The Morgan fingerprint density at radius 2 is 1.78 bits per heavy atom. The molecule has 0 bridgehead atoms. The van der Waals surface area contributed by atoms with Crippen LogP contribution in [0.5, 0.6) is 0 Å². The minimum atomic E-state index is -1.90. The van der Waals surface area contributed by atoms with E-state index in [1.165, 1.54) is 21.0 Å². The van der Waals surface area contributed by atoms with Crippen molar-refractivity contribution in [3.05, 3.63) is 0 Å². The molecule has 0 amide bonds. The molecular weight excluding hydrogens is 432 g/mol. The summed E-state index contributed by atoms with van der Waals surface area (Å²) in [6.45, 7) is 5.63. The number of aliphatic hydroxyl groups excluding tert-OH is 2. The highest BCUT2D eigenvalue weighted by Crippen LogP contribution is 2.39. The van der Waals surface area contributed by atoms with Crippen LogP contribution < -0.4 is 0 Å². The number of carbonyl (C=O) groups excluding carboxylic acids is 1. The van der Waals surface area contributed by atoms with Gasteiger partial charge in [-0.1, -0.05) is 13.8 Å². The molecule has 3 aliphatic rings. The molecule has 32 heavy (non-hydrogen) atoms. The van der Waals surface area contributed by atoms with E-state index in [4.69, 9.17) is 33.2 Å². The number of methoxy groups -OCH3 is 1. The Labute approximate surface area is 185 Å². The van der Waals surface area contributed by atoms with E-state index >= 15 is 0 Å². The van der Waals surface area contributed by atoms with Crippen molar-refractivity contribution >= 4 is 11.9 Å². The Bertz CT molecular complexity index is 687. The zero-order valence-corrected chi connectivity index (χ0v) is 18.7. The van der Waals surface area contributed by atoms with E-state index < -0.39 is 78.8 Å². The molecule has 3 N–H and O–H groups in total. The zero-order chi connectivity index (χ0) is 23.8. The third-order valence-electron chi connectivity index (χ3n) is 6.24. The fraction of sp³-hybridized carbons (Fsp3) is 0.900. The van der Waals surface area contributed by atoms with Crippen LogP contribution in [0.4, 0.5) is 0 Å². The predicted molar refractivity (Wildman–Crippen MR) is 103 cm³/mol. The largest absolute Gasteiger partial charge is 0.477 e. The van der Waals surface area contributed by atoms with Crippen LogP contribution in [0.1, 0.15) is 27.7 Å². The number of aliphatic hydroxyl groups is 2. The highest BCUT2D eigenvalue weighted by atomic mass is 16.8. The first kappa shape index (κ1) is 25.2. The Kier molecular flexibility index (Phi) is 7.77. The van der Waals surface area contributed by atoms with Gasteiger partial charge in [0.05, 0.1) is 18.8 Å². The van der Waals surface area contributed by atoms with E-state index in [0.29, 0.717) is 0 Å². The average molecular weight is 464 g/mol.